The topological polar surface area (TPSA) is 93.1 Å². The van der Waals surface area contributed by atoms with E-state index in [4.69, 9.17) is 4.74 Å². The van der Waals surface area contributed by atoms with Crippen molar-refractivity contribution >= 4 is 11.9 Å². The number of fused-ring (bicyclic) bond motifs is 2. The van der Waals surface area contributed by atoms with Gasteiger partial charge in [-0.25, -0.2) is 0 Å². The van der Waals surface area contributed by atoms with Crippen LogP contribution in [0.5, 0.6) is 0 Å². The van der Waals surface area contributed by atoms with Gasteiger partial charge in [-0.2, -0.15) is 0 Å². The van der Waals surface area contributed by atoms with E-state index in [-0.39, 0.29) is 0 Å². The SMILES string of the molecule is O=C1OC(=O)C2C=C3C(=CC12)C(O)OC3O. The predicted molar refractivity (Wildman–Crippen MR) is 47.3 cm³/mol. The van der Waals surface area contributed by atoms with Gasteiger partial charge >= 0.3 is 11.9 Å². The number of carbonyl (C=O) groups is 2. The Bertz CT molecular complexity index is 408. The maximum absolute atomic E-state index is 11.3. The van der Waals surface area contributed by atoms with E-state index in [1.165, 1.54) is 12.2 Å². The number of hydrogen-bond acceptors (Lipinski definition) is 6. The zero-order chi connectivity index (χ0) is 11.4. The van der Waals surface area contributed by atoms with Gasteiger partial charge in [-0.15, -0.1) is 0 Å². The first kappa shape index (κ1) is 9.71. The predicted octanol–water partition coefficient (Wildman–Crippen LogP) is -1.16. The third-order valence-corrected chi connectivity index (χ3v) is 2.97. The fraction of sp³-hybridized carbons (Fsp3) is 0.400. The monoisotopic (exact) mass is 224 g/mol. The average Bonchev–Trinajstić information content (AvgIpc) is 2.67. The van der Waals surface area contributed by atoms with E-state index >= 15 is 0 Å². The van der Waals surface area contributed by atoms with Crippen LogP contribution in [0, 0.1) is 11.8 Å². The molecule has 4 atom stereocenters. The molecule has 2 saturated heterocycles. The van der Waals surface area contributed by atoms with E-state index in [1.54, 1.807) is 0 Å². The second-order valence-corrected chi connectivity index (χ2v) is 3.88. The second kappa shape index (κ2) is 3.00. The van der Waals surface area contributed by atoms with Crippen molar-refractivity contribution < 1.29 is 29.3 Å². The third-order valence-electron chi connectivity index (χ3n) is 2.97. The van der Waals surface area contributed by atoms with Gasteiger partial charge in [-0.05, 0) is 0 Å². The van der Waals surface area contributed by atoms with Gasteiger partial charge in [-0.3, -0.25) is 9.59 Å². The molecule has 6 nitrogen and oxygen atoms in total. The van der Waals surface area contributed by atoms with Crippen molar-refractivity contribution in [1.82, 2.24) is 0 Å². The largest absolute Gasteiger partial charge is 0.392 e. The molecule has 2 aliphatic heterocycles. The fourth-order valence-electron chi connectivity index (χ4n) is 2.17. The summed E-state index contributed by atoms with van der Waals surface area (Å²) in [6.45, 7) is 0. The smallest absolute Gasteiger partial charge is 0.321 e. The molecule has 0 saturated carbocycles. The molecule has 0 aromatic rings. The van der Waals surface area contributed by atoms with E-state index < -0.39 is 36.4 Å². The van der Waals surface area contributed by atoms with Crippen LogP contribution in [0.1, 0.15) is 0 Å². The van der Waals surface area contributed by atoms with Crippen LogP contribution in [-0.2, 0) is 19.1 Å². The lowest BCUT2D eigenvalue weighted by atomic mass is 9.84. The van der Waals surface area contributed by atoms with Crippen LogP contribution in [0.25, 0.3) is 0 Å². The zero-order valence-electron chi connectivity index (χ0n) is 7.99. The molecule has 0 spiro atoms. The molecule has 0 aromatic heterocycles. The highest BCUT2D eigenvalue weighted by Crippen LogP contribution is 2.40. The van der Waals surface area contributed by atoms with E-state index in [0.717, 1.165) is 0 Å². The Hall–Kier alpha value is -1.50. The van der Waals surface area contributed by atoms with Gasteiger partial charge in [0.25, 0.3) is 0 Å². The Morgan fingerprint density at radius 2 is 1.38 bits per heavy atom. The summed E-state index contributed by atoms with van der Waals surface area (Å²) in [7, 11) is 0. The van der Waals surface area contributed by atoms with Crippen LogP contribution in [-0.4, -0.2) is 34.7 Å². The second-order valence-electron chi connectivity index (χ2n) is 3.88. The molecule has 0 amide bonds. The molecule has 4 unspecified atom stereocenters. The fourth-order valence-corrected chi connectivity index (χ4v) is 2.17. The van der Waals surface area contributed by atoms with Crippen LogP contribution in [0.4, 0.5) is 0 Å². The van der Waals surface area contributed by atoms with Crippen molar-refractivity contribution in [2.75, 3.05) is 0 Å². The number of rotatable bonds is 0. The molecule has 0 bridgehead atoms. The number of carbonyl (C=O) groups excluding carboxylic acids is 2. The summed E-state index contributed by atoms with van der Waals surface area (Å²) in [6, 6.07) is 0. The highest BCUT2D eigenvalue weighted by atomic mass is 16.7. The third kappa shape index (κ3) is 1.12. The van der Waals surface area contributed by atoms with Crippen LogP contribution >= 0.6 is 0 Å². The molecule has 3 rings (SSSR count). The van der Waals surface area contributed by atoms with Gasteiger partial charge in [0.15, 0.2) is 12.6 Å². The molecule has 84 valence electrons. The van der Waals surface area contributed by atoms with Gasteiger partial charge in [0.05, 0.1) is 11.8 Å². The van der Waals surface area contributed by atoms with E-state index in [1.807, 2.05) is 0 Å². The maximum atomic E-state index is 11.3. The maximum Gasteiger partial charge on any atom is 0.321 e. The molecular formula is C10H8O6. The Morgan fingerprint density at radius 3 is 1.81 bits per heavy atom. The van der Waals surface area contributed by atoms with Crippen LogP contribution in [0.3, 0.4) is 0 Å². The summed E-state index contributed by atoms with van der Waals surface area (Å²) in [5.41, 5.74) is 0.667. The zero-order valence-corrected chi connectivity index (χ0v) is 7.99. The van der Waals surface area contributed by atoms with Gasteiger partial charge in [0.2, 0.25) is 0 Å². The minimum absolute atomic E-state index is 0.334. The number of ether oxygens (including phenoxy) is 2. The summed E-state index contributed by atoms with van der Waals surface area (Å²) in [4.78, 5) is 22.6. The lowest BCUT2D eigenvalue weighted by molar-refractivity contribution is -0.153. The molecule has 16 heavy (non-hydrogen) atoms. The number of esters is 2. The number of aliphatic hydroxyl groups is 2. The molecule has 6 heteroatoms. The Balaban J connectivity index is 2.06. The standard InChI is InChI=1S/C10H8O6/c11-7-3-1-4-6(10(14)16-8(4)12)2-5(3)9(13)15-7/h1-3,5,8,10,12,14H. The normalized spacial score (nSPS) is 41.1. The molecule has 2 N–H and O–H groups in total. The van der Waals surface area contributed by atoms with Crippen molar-refractivity contribution in [2.45, 2.75) is 12.6 Å². The van der Waals surface area contributed by atoms with Crippen molar-refractivity contribution in [3.63, 3.8) is 0 Å². The summed E-state index contributed by atoms with van der Waals surface area (Å²) < 4.78 is 9.23. The Morgan fingerprint density at radius 1 is 0.938 bits per heavy atom. The van der Waals surface area contributed by atoms with Crippen LogP contribution in [0.2, 0.25) is 0 Å². The molecule has 2 heterocycles. The highest BCUT2D eigenvalue weighted by molar-refractivity contribution is 5.99. The molecule has 1 aliphatic carbocycles. The first-order valence-corrected chi connectivity index (χ1v) is 4.79. The number of hydrogen-bond donors (Lipinski definition) is 2. The van der Waals surface area contributed by atoms with Gasteiger partial charge < -0.3 is 19.7 Å². The van der Waals surface area contributed by atoms with Crippen LogP contribution < -0.4 is 0 Å². The lowest BCUT2D eigenvalue weighted by Crippen LogP contribution is -2.21. The van der Waals surface area contributed by atoms with Crippen molar-refractivity contribution in [3.05, 3.63) is 23.3 Å². The van der Waals surface area contributed by atoms with Crippen molar-refractivity contribution in [3.8, 4) is 0 Å². The average molecular weight is 224 g/mol. The molecule has 3 aliphatic rings. The summed E-state index contributed by atoms with van der Waals surface area (Å²) in [5.74, 6) is -2.69. The van der Waals surface area contributed by atoms with E-state index in [9.17, 15) is 19.8 Å². The molecule has 2 fully saturated rings. The summed E-state index contributed by atoms with van der Waals surface area (Å²) in [5, 5.41) is 18.9. The molecule has 0 radical (unpaired) electrons. The van der Waals surface area contributed by atoms with Crippen LogP contribution in [0.15, 0.2) is 23.3 Å². The first-order valence-electron chi connectivity index (χ1n) is 4.79. The minimum atomic E-state index is -1.26. The summed E-state index contributed by atoms with van der Waals surface area (Å²) in [6.07, 6.45) is 0.332. The van der Waals surface area contributed by atoms with E-state index in [2.05, 4.69) is 4.74 Å². The Kier molecular flexibility index (Phi) is 1.82. The Labute approximate surface area is 89.8 Å². The molecule has 0 aromatic carbocycles. The number of cyclic esters (lactones) is 2. The van der Waals surface area contributed by atoms with Gasteiger partial charge in [0, 0.05) is 11.1 Å². The van der Waals surface area contributed by atoms with Gasteiger partial charge in [0.1, 0.15) is 0 Å². The van der Waals surface area contributed by atoms with E-state index in [0.29, 0.717) is 11.1 Å². The first-order chi connectivity index (χ1) is 7.58. The highest BCUT2D eigenvalue weighted by Gasteiger charge is 2.48. The summed E-state index contributed by atoms with van der Waals surface area (Å²) >= 11 is 0. The molecular weight excluding hydrogens is 216 g/mol. The quantitative estimate of drug-likeness (QED) is 0.398. The minimum Gasteiger partial charge on any atom is -0.392 e. The van der Waals surface area contributed by atoms with Crippen molar-refractivity contribution in [1.29, 1.82) is 0 Å². The number of aliphatic hydroxyl groups excluding tert-OH is 2. The lowest BCUT2D eigenvalue weighted by Gasteiger charge is -2.15. The van der Waals surface area contributed by atoms with Crippen molar-refractivity contribution in [2.24, 2.45) is 11.8 Å². The van der Waals surface area contributed by atoms with Gasteiger partial charge in [-0.1, -0.05) is 12.2 Å².